The molecule has 7 heteroatoms. The van der Waals surface area contributed by atoms with Gasteiger partial charge in [0.25, 0.3) is 0 Å². The van der Waals surface area contributed by atoms with E-state index in [1.807, 2.05) is 22.2 Å². The van der Waals surface area contributed by atoms with Gasteiger partial charge in [-0.05, 0) is 68.8 Å². The van der Waals surface area contributed by atoms with Gasteiger partial charge in [-0.2, -0.15) is 0 Å². The summed E-state index contributed by atoms with van der Waals surface area (Å²) in [5, 5.41) is 20.4. The fourth-order valence-corrected chi connectivity index (χ4v) is 4.80. The summed E-state index contributed by atoms with van der Waals surface area (Å²) in [5.74, 6) is 0.370. The highest BCUT2D eigenvalue weighted by Gasteiger charge is 2.27. The number of nitrogens with zero attached hydrogens (tertiary/aromatic N) is 5. The minimum Gasteiger partial charge on any atom is -0.387 e. The lowest BCUT2D eigenvalue weighted by Crippen LogP contribution is -2.35. The first-order valence-corrected chi connectivity index (χ1v) is 9.98. The Hall–Kier alpha value is -1.96. The highest BCUT2D eigenvalue weighted by molar-refractivity contribution is 7.10. The SMILES string of the molecule is Cc1cc(CN2CCC(C(O)c3cccs3)CC2)c(C)n1-n1cnnc1. The van der Waals surface area contributed by atoms with Crippen LogP contribution in [0, 0.1) is 19.8 Å². The molecule has 0 spiro atoms. The number of thiophene rings is 1. The summed E-state index contributed by atoms with van der Waals surface area (Å²) in [6.07, 6.45) is 5.23. The topological polar surface area (TPSA) is 59.1 Å². The van der Waals surface area contributed by atoms with Gasteiger partial charge in [-0.15, -0.1) is 21.5 Å². The van der Waals surface area contributed by atoms with Crippen LogP contribution >= 0.6 is 11.3 Å². The molecule has 1 fully saturated rings. The summed E-state index contributed by atoms with van der Waals surface area (Å²) < 4.78 is 4.06. The van der Waals surface area contributed by atoms with E-state index < -0.39 is 0 Å². The Morgan fingerprint density at radius 3 is 2.62 bits per heavy atom. The second-order valence-electron chi connectivity index (χ2n) is 7.12. The first-order valence-electron chi connectivity index (χ1n) is 9.10. The predicted octanol–water partition coefficient (Wildman–Crippen LogP) is 3.01. The molecule has 1 aliphatic heterocycles. The molecular formula is C19H25N5OS. The molecule has 4 heterocycles. The Morgan fingerprint density at radius 2 is 1.96 bits per heavy atom. The van der Waals surface area contributed by atoms with E-state index in [2.05, 4.69) is 39.7 Å². The maximum absolute atomic E-state index is 10.6. The summed E-state index contributed by atoms with van der Waals surface area (Å²) in [4.78, 5) is 3.59. The Morgan fingerprint density at radius 1 is 1.23 bits per heavy atom. The highest BCUT2D eigenvalue weighted by Crippen LogP contribution is 2.33. The molecule has 0 bridgehead atoms. The molecule has 0 amide bonds. The third kappa shape index (κ3) is 3.34. The van der Waals surface area contributed by atoms with Crippen LogP contribution in [0.1, 0.15) is 40.8 Å². The number of aliphatic hydroxyl groups is 1. The predicted molar refractivity (Wildman–Crippen MR) is 102 cm³/mol. The van der Waals surface area contributed by atoms with Crippen molar-refractivity contribution in [2.24, 2.45) is 5.92 Å². The fourth-order valence-electron chi connectivity index (χ4n) is 3.99. The van der Waals surface area contributed by atoms with Gasteiger partial charge in [-0.25, -0.2) is 4.68 Å². The van der Waals surface area contributed by atoms with Gasteiger partial charge in [-0.3, -0.25) is 9.58 Å². The fraction of sp³-hybridized carbons (Fsp3) is 0.474. The quantitative estimate of drug-likeness (QED) is 0.749. The van der Waals surface area contributed by atoms with Crippen LogP contribution in [0.15, 0.2) is 36.2 Å². The molecule has 0 aromatic carbocycles. The van der Waals surface area contributed by atoms with E-state index >= 15 is 0 Å². The number of aliphatic hydroxyl groups excluding tert-OH is 1. The maximum atomic E-state index is 10.6. The van der Waals surface area contributed by atoms with Gasteiger partial charge in [0.15, 0.2) is 0 Å². The van der Waals surface area contributed by atoms with Crippen molar-refractivity contribution < 1.29 is 5.11 Å². The summed E-state index contributed by atoms with van der Waals surface area (Å²) in [5.41, 5.74) is 3.75. The summed E-state index contributed by atoms with van der Waals surface area (Å²) in [6.45, 7) is 7.27. The molecule has 0 radical (unpaired) electrons. The average molecular weight is 372 g/mol. The Balaban J connectivity index is 1.40. The van der Waals surface area contributed by atoms with Crippen molar-refractivity contribution in [3.05, 3.63) is 58.1 Å². The Bertz CT molecular complexity index is 832. The average Bonchev–Trinajstić information content (AvgIpc) is 3.38. The molecule has 1 saturated heterocycles. The van der Waals surface area contributed by atoms with Gasteiger partial charge in [-0.1, -0.05) is 6.07 Å². The lowest BCUT2D eigenvalue weighted by molar-refractivity contribution is 0.0590. The van der Waals surface area contributed by atoms with Crippen LogP contribution < -0.4 is 0 Å². The van der Waals surface area contributed by atoms with Crippen LogP contribution in [-0.2, 0) is 6.54 Å². The third-order valence-electron chi connectivity index (χ3n) is 5.44. The van der Waals surface area contributed by atoms with E-state index in [9.17, 15) is 5.11 Å². The van der Waals surface area contributed by atoms with Gasteiger partial charge in [0.1, 0.15) is 12.7 Å². The van der Waals surface area contributed by atoms with E-state index in [1.165, 1.54) is 17.0 Å². The van der Waals surface area contributed by atoms with Crippen molar-refractivity contribution in [3.8, 4) is 0 Å². The molecule has 26 heavy (non-hydrogen) atoms. The number of hydrogen-bond acceptors (Lipinski definition) is 5. The summed E-state index contributed by atoms with van der Waals surface area (Å²) >= 11 is 1.65. The molecule has 1 aliphatic rings. The summed E-state index contributed by atoms with van der Waals surface area (Å²) in [7, 11) is 0. The first kappa shape index (κ1) is 17.5. The number of piperidine rings is 1. The van der Waals surface area contributed by atoms with Crippen molar-refractivity contribution in [3.63, 3.8) is 0 Å². The van der Waals surface area contributed by atoms with Gasteiger partial charge in [0, 0.05) is 22.8 Å². The monoisotopic (exact) mass is 371 g/mol. The van der Waals surface area contributed by atoms with E-state index in [0.717, 1.165) is 37.4 Å². The van der Waals surface area contributed by atoms with E-state index in [4.69, 9.17) is 0 Å². The van der Waals surface area contributed by atoms with Crippen LogP contribution in [0.3, 0.4) is 0 Å². The first-order chi connectivity index (χ1) is 12.6. The molecule has 1 N–H and O–H groups in total. The molecule has 1 atom stereocenters. The number of aromatic nitrogens is 4. The summed E-state index contributed by atoms with van der Waals surface area (Å²) in [6, 6.07) is 6.31. The zero-order valence-electron chi connectivity index (χ0n) is 15.2. The molecule has 4 rings (SSSR count). The van der Waals surface area contributed by atoms with Crippen LogP contribution in [0.4, 0.5) is 0 Å². The van der Waals surface area contributed by atoms with E-state index in [0.29, 0.717) is 5.92 Å². The highest BCUT2D eigenvalue weighted by atomic mass is 32.1. The Kier molecular flexibility index (Phi) is 4.93. The lowest BCUT2D eigenvalue weighted by Gasteiger charge is -2.34. The zero-order chi connectivity index (χ0) is 18.1. The molecular weight excluding hydrogens is 346 g/mol. The molecule has 3 aromatic rings. The number of rotatable bonds is 5. The van der Waals surface area contributed by atoms with Crippen LogP contribution in [-0.4, -0.2) is 42.6 Å². The van der Waals surface area contributed by atoms with Gasteiger partial charge < -0.3 is 5.11 Å². The van der Waals surface area contributed by atoms with E-state index in [1.54, 1.807) is 24.0 Å². The molecule has 0 saturated carbocycles. The van der Waals surface area contributed by atoms with Crippen molar-refractivity contribution in [1.82, 2.24) is 24.4 Å². The van der Waals surface area contributed by atoms with Gasteiger partial charge in [0.05, 0.1) is 6.10 Å². The van der Waals surface area contributed by atoms with Gasteiger partial charge in [0.2, 0.25) is 0 Å². The van der Waals surface area contributed by atoms with Crippen LogP contribution in [0.25, 0.3) is 0 Å². The Labute approximate surface area is 157 Å². The number of hydrogen-bond donors (Lipinski definition) is 1. The van der Waals surface area contributed by atoms with Crippen molar-refractivity contribution in [1.29, 1.82) is 0 Å². The van der Waals surface area contributed by atoms with Crippen LogP contribution in [0.5, 0.6) is 0 Å². The lowest BCUT2D eigenvalue weighted by atomic mass is 9.90. The smallest absolute Gasteiger partial charge is 0.139 e. The van der Waals surface area contributed by atoms with Crippen molar-refractivity contribution in [2.45, 2.75) is 39.3 Å². The van der Waals surface area contributed by atoms with E-state index in [-0.39, 0.29) is 6.10 Å². The molecule has 6 nitrogen and oxygen atoms in total. The molecule has 1 unspecified atom stereocenters. The molecule has 3 aromatic heterocycles. The standard InChI is InChI=1S/C19H25N5OS/c1-14-10-17(15(2)24(14)23-12-20-21-13-23)11-22-7-5-16(6-8-22)19(25)18-4-3-9-26-18/h3-4,9-10,12-13,16,19,25H,5-8,11H2,1-2H3. The van der Waals surface area contributed by atoms with Crippen LogP contribution in [0.2, 0.25) is 0 Å². The van der Waals surface area contributed by atoms with Crippen molar-refractivity contribution in [2.75, 3.05) is 13.1 Å². The largest absolute Gasteiger partial charge is 0.387 e. The minimum atomic E-state index is -0.309. The second-order valence-corrected chi connectivity index (χ2v) is 8.10. The zero-order valence-corrected chi connectivity index (χ0v) is 16.1. The maximum Gasteiger partial charge on any atom is 0.139 e. The van der Waals surface area contributed by atoms with Crippen molar-refractivity contribution >= 4 is 11.3 Å². The third-order valence-corrected chi connectivity index (χ3v) is 6.39. The minimum absolute atomic E-state index is 0.309. The second kappa shape index (κ2) is 7.34. The molecule has 138 valence electrons. The van der Waals surface area contributed by atoms with Gasteiger partial charge >= 0.3 is 0 Å². The normalized spacial score (nSPS) is 17.7. The number of aryl methyl sites for hydroxylation is 1. The molecule has 0 aliphatic carbocycles. The number of likely N-dealkylation sites (tertiary alicyclic amines) is 1.